The van der Waals surface area contributed by atoms with Crippen LogP contribution in [0.1, 0.15) is 33.1 Å². The first-order chi connectivity index (χ1) is 8.68. The molecule has 0 aliphatic carbocycles. The highest BCUT2D eigenvalue weighted by molar-refractivity contribution is 7.86. The zero-order valence-electron chi connectivity index (χ0n) is 11.8. The van der Waals surface area contributed by atoms with Gasteiger partial charge in [0.2, 0.25) is 0 Å². The van der Waals surface area contributed by atoms with Crippen LogP contribution in [0.25, 0.3) is 0 Å². The van der Waals surface area contributed by atoms with Gasteiger partial charge in [0, 0.05) is 20.0 Å². The Bertz CT molecular complexity index is 436. The summed E-state index contributed by atoms with van der Waals surface area (Å²) < 4.78 is 44.4. The Kier molecular flexibility index (Phi) is 3.97. The Morgan fingerprint density at radius 2 is 2.16 bits per heavy atom. The van der Waals surface area contributed by atoms with E-state index in [0.717, 1.165) is 19.1 Å². The fraction of sp³-hybridized carbons (Fsp3) is 1.00. The second kappa shape index (κ2) is 4.96. The lowest BCUT2D eigenvalue weighted by molar-refractivity contribution is -0.321. The molecule has 4 atom stereocenters. The largest absolute Gasteiger partial charge is 0.367 e. The molecular formula is C12H22O6S. The minimum atomic E-state index is -3.45. The summed E-state index contributed by atoms with van der Waals surface area (Å²) in [6.45, 7) is 4.02. The summed E-state index contributed by atoms with van der Waals surface area (Å²) in [5, 5.41) is 0. The Morgan fingerprint density at radius 1 is 1.47 bits per heavy atom. The van der Waals surface area contributed by atoms with Gasteiger partial charge in [-0.05, 0) is 20.3 Å². The zero-order valence-corrected chi connectivity index (χ0v) is 12.7. The van der Waals surface area contributed by atoms with Crippen LogP contribution in [0, 0.1) is 0 Å². The second-order valence-electron chi connectivity index (χ2n) is 5.68. The van der Waals surface area contributed by atoms with Gasteiger partial charge in [-0.25, -0.2) is 0 Å². The van der Waals surface area contributed by atoms with E-state index in [4.69, 9.17) is 18.4 Å². The smallest absolute Gasteiger partial charge is 0.264 e. The SMILES string of the molecule is COC12CC[C@H](O1)C(C)(CC(C)OS(C)(=O)=O)OC2. The van der Waals surface area contributed by atoms with Crippen LogP contribution in [0.15, 0.2) is 0 Å². The van der Waals surface area contributed by atoms with E-state index < -0.39 is 27.6 Å². The van der Waals surface area contributed by atoms with Crippen LogP contribution in [0.5, 0.6) is 0 Å². The predicted octanol–water partition coefficient (Wildman–Crippen LogP) is 1.05. The Hall–Kier alpha value is -0.210. The number of methoxy groups -OCH3 is 1. The third-order valence-corrected chi connectivity index (χ3v) is 4.53. The molecule has 0 N–H and O–H groups in total. The molecule has 2 aliphatic rings. The molecule has 2 aliphatic heterocycles. The van der Waals surface area contributed by atoms with Crippen molar-refractivity contribution in [3.63, 3.8) is 0 Å². The first kappa shape index (κ1) is 15.2. The molecule has 2 fully saturated rings. The van der Waals surface area contributed by atoms with Gasteiger partial charge in [-0.2, -0.15) is 8.42 Å². The minimum absolute atomic E-state index is 0.0909. The van der Waals surface area contributed by atoms with E-state index in [1.165, 1.54) is 0 Å². The average Bonchev–Trinajstić information content (AvgIpc) is 2.64. The van der Waals surface area contributed by atoms with E-state index in [2.05, 4.69) is 0 Å². The standard InChI is InChI=1S/C12H22O6S/c1-9(18-19(4,13)14)7-11(2)10-5-6-12(15-3,17-10)8-16-11/h9-10H,5-8H2,1-4H3/t9?,10-,11?,12?/m0/s1. The Labute approximate surface area is 114 Å². The molecule has 0 saturated carbocycles. The van der Waals surface area contributed by atoms with Gasteiger partial charge in [0.25, 0.3) is 10.1 Å². The highest BCUT2D eigenvalue weighted by Gasteiger charge is 2.54. The van der Waals surface area contributed by atoms with Gasteiger partial charge in [0.15, 0.2) is 5.79 Å². The van der Waals surface area contributed by atoms with E-state index in [9.17, 15) is 8.42 Å². The van der Waals surface area contributed by atoms with E-state index in [0.29, 0.717) is 13.0 Å². The van der Waals surface area contributed by atoms with Gasteiger partial charge < -0.3 is 14.2 Å². The lowest BCUT2D eigenvalue weighted by atomic mass is 9.91. The molecule has 0 aromatic rings. The first-order valence-corrected chi connectivity index (χ1v) is 8.25. The molecule has 112 valence electrons. The van der Waals surface area contributed by atoms with E-state index in [-0.39, 0.29) is 6.10 Å². The molecule has 0 spiro atoms. The van der Waals surface area contributed by atoms with Crippen molar-refractivity contribution >= 4 is 10.1 Å². The normalized spacial score (nSPS) is 40.3. The van der Waals surface area contributed by atoms with Crippen LogP contribution in [0.2, 0.25) is 0 Å². The van der Waals surface area contributed by atoms with Gasteiger partial charge in [-0.15, -0.1) is 0 Å². The van der Waals surface area contributed by atoms with Crippen molar-refractivity contribution in [2.75, 3.05) is 20.0 Å². The fourth-order valence-electron chi connectivity index (χ4n) is 2.93. The molecule has 3 unspecified atom stereocenters. The first-order valence-electron chi connectivity index (χ1n) is 6.43. The molecule has 0 amide bonds. The fourth-order valence-corrected chi connectivity index (χ4v) is 3.60. The van der Waals surface area contributed by atoms with Crippen molar-refractivity contribution in [2.24, 2.45) is 0 Å². The lowest BCUT2D eigenvalue weighted by Crippen LogP contribution is -2.54. The third kappa shape index (κ3) is 3.28. The van der Waals surface area contributed by atoms with Crippen molar-refractivity contribution in [1.82, 2.24) is 0 Å². The van der Waals surface area contributed by atoms with Gasteiger partial charge in [-0.1, -0.05) is 0 Å². The van der Waals surface area contributed by atoms with Gasteiger partial charge >= 0.3 is 0 Å². The van der Waals surface area contributed by atoms with Gasteiger partial charge in [0.05, 0.1) is 24.1 Å². The third-order valence-electron chi connectivity index (χ3n) is 3.85. The maximum Gasteiger partial charge on any atom is 0.264 e. The molecular weight excluding hydrogens is 272 g/mol. The highest BCUT2D eigenvalue weighted by Crippen LogP contribution is 2.44. The molecule has 2 heterocycles. The Morgan fingerprint density at radius 3 is 2.74 bits per heavy atom. The zero-order chi connectivity index (χ0) is 14.3. The maximum atomic E-state index is 11.1. The van der Waals surface area contributed by atoms with Crippen molar-refractivity contribution in [1.29, 1.82) is 0 Å². The van der Waals surface area contributed by atoms with Crippen LogP contribution in [-0.2, 0) is 28.5 Å². The summed E-state index contributed by atoms with van der Waals surface area (Å²) in [5.41, 5.74) is -0.539. The summed E-state index contributed by atoms with van der Waals surface area (Å²) in [5.74, 6) is -0.620. The second-order valence-corrected chi connectivity index (χ2v) is 7.28. The van der Waals surface area contributed by atoms with Crippen LogP contribution in [0.3, 0.4) is 0 Å². The van der Waals surface area contributed by atoms with Crippen LogP contribution >= 0.6 is 0 Å². The van der Waals surface area contributed by atoms with E-state index in [1.54, 1.807) is 14.0 Å². The van der Waals surface area contributed by atoms with Crippen LogP contribution in [-0.4, -0.2) is 52.0 Å². The molecule has 2 bridgehead atoms. The summed E-state index contributed by atoms with van der Waals surface area (Å²) in [6.07, 6.45) is 2.62. The number of ether oxygens (including phenoxy) is 3. The summed E-state index contributed by atoms with van der Waals surface area (Å²) in [4.78, 5) is 0. The molecule has 19 heavy (non-hydrogen) atoms. The summed E-state index contributed by atoms with van der Waals surface area (Å²) in [6, 6.07) is 0. The lowest BCUT2D eigenvalue weighted by Gasteiger charge is -2.44. The number of hydrogen-bond donors (Lipinski definition) is 0. The number of rotatable bonds is 5. The van der Waals surface area contributed by atoms with E-state index >= 15 is 0 Å². The predicted molar refractivity (Wildman–Crippen MR) is 68.2 cm³/mol. The van der Waals surface area contributed by atoms with Gasteiger partial charge in [0.1, 0.15) is 6.61 Å². The molecule has 2 saturated heterocycles. The quantitative estimate of drug-likeness (QED) is 0.706. The van der Waals surface area contributed by atoms with E-state index in [1.807, 2.05) is 6.92 Å². The van der Waals surface area contributed by atoms with Crippen LogP contribution < -0.4 is 0 Å². The summed E-state index contributed by atoms with van der Waals surface area (Å²) in [7, 11) is -1.84. The van der Waals surface area contributed by atoms with Crippen molar-refractivity contribution in [3.8, 4) is 0 Å². The number of hydrogen-bond acceptors (Lipinski definition) is 6. The molecule has 0 radical (unpaired) electrons. The highest BCUT2D eigenvalue weighted by atomic mass is 32.2. The monoisotopic (exact) mass is 294 g/mol. The topological polar surface area (TPSA) is 71.1 Å². The van der Waals surface area contributed by atoms with Crippen molar-refractivity contribution in [2.45, 2.75) is 56.7 Å². The van der Waals surface area contributed by atoms with Gasteiger partial charge in [-0.3, -0.25) is 4.18 Å². The molecule has 7 heteroatoms. The minimum Gasteiger partial charge on any atom is -0.367 e. The Balaban J connectivity index is 2.01. The van der Waals surface area contributed by atoms with Crippen LogP contribution in [0.4, 0.5) is 0 Å². The molecule has 6 nitrogen and oxygen atoms in total. The average molecular weight is 294 g/mol. The maximum absolute atomic E-state index is 11.1. The molecule has 2 rings (SSSR count). The van der Waals surface area contributed by atoms with Crippen molar-refractivity contribution < 1.29 is 26.8 Å². The molecule has 0 aromatic carbocycles. The molecule has 0 aromatic heterocycles. The van der Waals surface area contributed by atoms with Crippen molar-refractivity contribution in [3.05, 3.63) is 0 Å². The number of fused-ring (bicyclic) bond motifs is 2. The summed E-state index contributed by atoms with van der Waals surface area (Å²) >= 11 is 0.